The zero-order valence-corrected chi connectivity index (χ0v) is 8.21. The van der Waals surface area contributed by atoms with Crippen LogP contribution in [0.15, 0.2) is 12.2 Å². The van der Waals surface area contributed by atoms with Crippen LogP contribution in [0.2, 0.25) is 0 Å². The Morgan fingerprint density at radius 2 is 2.23 bits per heavy atom. The van der Waals surface area contributed by atoms with Crippen molar-refractivity contribution in [1.29, 1.82) is 0 Å². The second kappa shape index (κ2) is 5.37. The molecule has 0 atom stereocenters. The van der Waals surface area contributed by atoms with E-state index in [1.165, 1.54) is 19.3 Å². The molecule has 0 aromatic rings. The van der Waals surface area contributed by atoms with E-state index in [2.05, 4.69) is 11.5 Å². The molecule has 1 rings (SSSR count). The van der Waals surface area contributed by atoms with Gasteiger partial charge in [0.25, 0.3) is 0 Å². The first kappa shape index (κ1) is 10.7. The predicted octanol–water partition coefficient (Wildman–Crippen LogP) is 0.348. The zero-order chi connectivity index (χ0) is 9.68. The fraction of sp³-hybridized carbons (Fsp3) is 0.800. The second-order valence-corrected chi connectivity index (χ2v) is 3.73. The molecule has 0 amide bonds. The number of hydrogen-bond donors (Lipinski definition) is 2. The second-order valence-electron chi connectivity index (χ2n) is 3.73. The predicted molar refractivity (Wildman–Crippen MR) is 54.5 cm³/mol. The van der Waals surface area contributed by atoms with Crippen LogP contribution in [0.1, 0.15) is 19.3 Å². The minimum atomic E-state index is 0.231. The lowest BCUT2D eigenvalue weighted by Crippen LogP contribution is -2.43. The minimum absolute atomic E-state index is 0.231. The van der Waals surface area contributed by atoms with Gasteiger partial charge in [0.2, 0.25) is 0 Å². The van der Waals surface area contributed by atoms with Crippen molar-refractivity contribution >= 4 is 0 Å². The molecular weight excluding hydrogens is 164 g/mol. The molecule has 3 N–H and O–H groups in total. The third-order valence-corrected chi connectivity index (χ3v) is 2.69. The van der Waals surface area contributed by atoms with E-state index >= 15 is 0 Å². The molecule has 0 aliphatic heterocycles. The molecule has 0 aromatic heterocycles. The van der Waals surface area contributed by atoms with Crippen LogP contribution in [0, 0.1) is 0 Å². The van der Waals surface area contributed by atoms with Gasteiger partial charge in [0, 0.05) is 25.7 Å². The van der Waals surface area contributed by atoms with Crippen molar-refractivity contribution < 1.29 is 5.11 Å². The maximum atomic E-state index is 8.89. The SMILES string of the molecule is C=C(CN)CN(CCO)C1CCC1. The van der Waals surface area contributed by atoms with E-state index in [-0.39, 0.29) is 6.61 Å². The van der Waals surface area contributed by atoms with Gasteiger partial charge < -0.3 is 10.8 Å². The van der Waals surface area contributed by atoms with E-state index in [0.29, 0.717) is 12.6 Å². The maximum Gasteiger partial charge on any atom is 0.0558 e. The van der Waals surface area contributed by atoms with Crippen LogP contribution < -0.4 is 5.73 Å². The normalized spacial score (nSPS) is 17.5. The highest BCUT2D eigenvalue weighted by Crippen LogP contribution is 2.24. The molecule has 13 heavy (non-hydrogen) atoms. The van der Waals surface area contributed by atoms with Crippen LogP contribution in [0.3, 0.4) is 0 Å². The number of aliphatic hydroxyl groups is 1. The highest BCUT2D eigenvalue weighted by molar-refractivity contribution is 5.00. The quantitative estimate of drug-likeness (QED) is 0.586. The smallest absolute Gasteiger partial charge is 0.0558 e. The summed E-state index contributed by atoms with van der Waals surface area (Å²) >= 11 is 0. The van der Waals surface area contributed by atoms with E-state index in [9.17, 15) is 0 Å². The van der Waals surface area contributed by atoms with Crippen molar-refractivity contribution in [3.05, 3.63) is 12.2 Å². The Hall–Kier alpha value is -0.380. The van der Waals surface area contributed by atoms with E-state index in [1.807, 2.05) is 0 Å². The van der Waals surface area contributed by atoms with Crippen LogP contribution in [-0.4, -0.2) is 42.3 Å². The van der Waals surface area contributed by atoms with Crippen molar-refractivity contribution in [2.75, 3.05) is 26.2 Å². The van der Waals surface area contributed by atoms with Gasteiger partial charge in [0.05, 0.1) is 6.61 Å². The molecule has 76 valence electrons. The maximum absolute atomic E-state index is 8.89. The molecule has 0 unspecified atom stereocenters. The Bertz CT molecular complexity index is 166. The van der Waals surface area contributed by atoms with Gasteiger partial charge in [-0.2, -0.15) is 0 Å². The molecule has 1 fully saturated rings. The fourth-order valence-corrected chi connectivity index (χ4v) is 1.62. The van der Waals surface area contributed by atoms with Crippen molar-refractivity contribution in [2.45, 2.75) is 25.3 Å². The summed E-state index contributed by atoms with van der Waals surface area (Å²) in [6, 6.07) is 0.662. The van der Waals surface area contributed by atoms with E-state index in [1.54, 1.807) is 0 Å². The number of aliphatic hydroxyl groups excluding tert-OH is 1. The van der Waals surface area contributed by atoms with Gasteiger partial charge in [-0.15, -0.1) is 0 Å². The van der Waals surface area contributed by atoms with Gasteiger partial charge in [-0.3, -0.25) is 4.90 Å². The molecule has 0 heterocycles. The van der Waals surface area contributed by atoms with E-state index < -0.39 is 0 Å². The van der Waals surface area contributed by atoms with Crippen molar-refractivity contribution in [3.8, 4) is 0 Å². The number of nitrogens with two attached hydrogens (primary N) is 1. The summed E-state index contributed by atoms with van der Waals surface area (Å²) in [5.41, 5.74) is 6.54. The Morgan fingerprint density at radius 3 is 2.62 bits per heavy atom. The van der Waals surface area contributed by atoms with Crippen LogP contribution in [0.25, 0.3) is 0 Å². The van der Waals surface area contributed by atoms with Gasteiger partial charge in [0.1, 0.15) is 0 Å². The Labute approximate surface area is 80.2 Å². The molecule has 0 radical (unpaired) electrons. The van der Waals surface area contributed by atoms with Crippen LogP contribution >= 0.6 is 0 Å². The van der Waals surface area contributed by atoms with Crippen molar-refractivity contribution in [1.82, 2.24) is 4.90 Å². The first-order chi connectivity index (χ1) is 6.27. The molecule has 1 saturated carbocycles. The molecule has 1 aliphatic carbocycles. The van der Waals surface area contributed by atoms with Crippen molar-refractivity contribution in [2.24, 2.45) is 5.73 Å². The number of rotatable bonds is 6. The number of nitrogens with zero attached hydrogens (tertiary/aromatic N) is 1. The summed E-state index contributed by atoms with van der Waals surface area (Å²) in [6.07, 6.45) is 3.84. The monoisotopic (exact) mass is 184 g/mol. The molecule has 0 bridgehead atoms. The standard InChI is InChI=1S/C10H20N2O/c1-9(7-11)8-12(5-6-13)10-3-2-4-10/h10,13H,1-8,11H2. The molecule has 1 aliphatic rings. The van der Waals surface area contributed by atoms with Gasteiger partial charge in [-0.25, -0.2) is 0 Å². The largest absolute Gasteiger partial charge is 0.395 e. The van der Waals surface area contributed by atoms with Gasteiger partial charge in [-0.05, 0) is 18.4 Å². The van der Waals surface area contributed by atoms with Gasteiger partial charge in [-0.1, -0.05) is 13.0 Å². The Balaban J connectivity index is 2.32. The average molecular weight is 184 g/mol. The summed E-state index contributed by atoms with van der Waals surface area (Å²) < 4.78 is 0. The summed E-state index contributed by atoms with van der Waals surface area (Å²) in [5.74, 6) is 0. The third-order valence-electron chi connectivity index (χ3n) is 2.69. The topological polar surface area (TPSA) is 49.5 Å². The summed E-state index contributed by atoms with van der Waals surface area (Å²) in [6.45, 7) is 6.27. The van der Waals surface area contributed by atoms with Crippen LogP contribution in [0.5, 0.6) is 0 Å². The summed E-state index contributed by atoms with van der Waals surface area (Å²) in [5, 5.41) is 8.89. The lowest BCUT2D eigenvalue weighted by atomic mass is 9.91. The fourth-order valence-electron chi connectivity index (χ4n) is 1.62. The molecule has 0 aromatic carbocycles. The summed E-state index contributed by atoms with van der Waals surface area (Å²) in [4.78, 5) is 2.29. The minimum Gasteiger partial charge on any atom is -0.395 e. The highest BCUT2D eigenvalue weighted by atomic mass is 16.3. The average Bonchev–Trinajstić information content (AvgIpc) is 2.01. The molecule has 3 heteroatoms. The Morgan fingerprint density at radius 1 is 1.54 bits per heavy atom. The first-order valence-electron chi connectivity index (χ1n) is 4.99. The number of hydrogen-bond acceptors (Lipinski definition) is 3. The first-order valence-corrected chi connectivity index (χ1v) is 4.99. The lowest BCUT2D eigenvalue weighted by Gasteiger charge is -2.37. The van der Waals surface area contributed by atoms with E-state index in [4.69, 9.17) is 10.8 Å². The van der Waals surface area contributed by atoms with Gasteiger partial charge >= 0.3 is 0 Å². The van der Waals surface area contributed by atoms with Gasteiger partial charge in [0.15, 0.2) is 0 Å². The molecule has 3 nitrogen and oxygen atoms in total. The highest BCUT2D eigenvalue weighted by Gasteiger charge is 2.24. The Kier molecular flexibility index (Phi) is 4.42. The molecular formula is C10H20N2O. The zero-order valence-electron chi connectivity index (χ0n) is 8.21. The summed E-state index contributed by atoms with van der Waals surface area (Å²) in [7, 11) is 0. The molecule has 0 saturated heterocycles. The van der Waals surface area contributed by atoms with Crippen LogP contribution in [0.4, 0.5) is 0 Å². The van der Waals surface area contributed by atoms with Crippen molar-refractivity contribution in [3.63, 3.8) is 0 Å². The van der Waals surface area contributed by atoms with Crippen LogP contribution in [-0.2, 0) is 0 Å². The van der Waals surface area contributed by atoms with E-state index in [0.717, 1.165) is 18.7 Å². The lowest BCUT2D eigenvalue weighted by molar-refractivity contribution is 0.111. The molecule has 0 spiro atoms. The third kappa shape index (κ3) is 3.10.